The molecule has 0 bridgehead atoms. The third-order valence-corrected chi connectivity index (χ3v) is 4.64. The Morgan fingerprint density at radius 1 is 1.03 bits per heavy atom. The second-order valence-electron chi connectivity index (χ2n) is 6.47. The van der Waals surface area contributed by atoms with Crippen molar-refractivity contribution in [2.45, 2.75) is 13.5 Å². The first-order valence-corrected chi connectivity index (χ1v) is 9.58. The van der Waals surface area contributed by atoms with Crippen LogP contribution >= 0.6 is 11.6 Å². The summed E-state index contributed by atoms with van der Waals surface area (Å²) in [6.45, 7) is 2.23. The van der Waals surface area contributed by atoms with Crippen LogP contribution in [0.25, 0.3) is 0 Å². The van der Waals surface area contributed by atoms with Gasteiger partial charge >= 0.3 is 6.03 Å². The molecule has 0 aliphatic heterocycles. The Morgan fingerprint density at radius 3 is 2.50 bits per heavy atom. The molecule has 1 heterocycles. The van der Waals surface area contributed by atoms with Crippen LogP contribution < -0.4 is 20.7 Å². The lowest BCUT2D eigenvalue weighted by atomic mass is 10.2. The molecule has 1 aromatic heterocycles. The molecule has 7 nitrogen and oxygen atoms in total. The number of nitrogens with one attached hydrogen (secondary N) is 3. The lowest BCUT2D eigenvalue weighted by Crippen LogP contribution is -2.28. The van der Waals surface area contributed by atoms with Gasteiger partial charge in [-0.2, -0.15) is 0 Å². The SMILES string of the molecule is CNC(=O)c1cc(Oc2ccc(CNC(=O)Nc3ccc(Cl)c(C)c3)cc2)ccn1. The minimum absolute atomic E-state index is 0.276. The van der Waals surface area contributed by atoms with Gasteiger partial charge in [0.25, 0.3) is 5.91 Å². The number of nitrogens with zero attached hydrogens (tertiary/aromatic N) is 1. The van der Waals surface area contributed by atoms with Gasteiger partial charge in [0.1, 0.15) is 17.2 Å². The van der Waals surface area contributed by atoms with Gasteiger partial charge in [0, 0.05) is 36.6 Å². The fourth-order valence-corrected chi connectivity index (χ4v) is 2.74. The predicted molar refractivity (Wildman–Crippen MR) is 116 cm³/mol. The molecule has 0 atom stereocenters. The molecule has 8 heteroatoms. The Labute approximate surface area is 179 Å². The largest absolute Gasteiger partial charge is 0.457 e. The standard InChI is InChI=1S/C22H21ClN4O3/c1-14-11-16(5-8-19(14)23)27-22(29)26-13-15-3-6-17(7-4-15)30-18-9-10-25-20(12-18)21(28)24-2/h3-12H,13H2,1-2H3,(H,24,28)(H2,26,27,29). The van der Waals surface area contributed by atoms with Crippen molar-refractivity contribution in [1.82, 2.24) is 15.6 Å². The monoisotopic (exact) mass is 424 g/mol. The molecule has 0 radical (unpaired) electrons. The summed E-state index contributed by atoms with van der Waals surface area (Å²) >= 11 is 5.99. The van der Waals surface area contributed by atoms with Gasteiger partial charge in [-0.1, -0.05) is 23.7 Å². The number of carbonyl (C=O) groups is 2. The van der Waals surface area contributed by atoms with E-state index in [0.717, 1.165) is 11.1 Å². The quantitative estimate of drug-likeness (QED) is 0.542. The highest BCUT2D eigenvalue weighted by atomic mass is 35.5. The molecule has 3 aromatic rings. The summed E-state index contributed by atoms with van der Waals surface area (Å²) in [5.41, 5.74) is 2.75. The molecule has 2 aromatic carbocycles. The second-order valence-corrected chi connectivity index (χ2v) is 6.88. The van der Waals surface area contributed by atoms with E-state index in [9.17, 15) is 9.59 Å². The number of amides is 3. The number of pyridine rings is 1. The van der Waals surface area contributed by atoms with Crippen LogP contribution in [0.15, 0.2) is 60.8 Å². The van der Waals surface area contributed by atoms with Gasteiger partial charge < -0.3 is 20.7 Å². The van der Waals surface area contributed by atoms with E-state index in [0.29, 0.717) is 28.8 Å². The first-order valence-electron chi connectivity index (χ1n) is 9.20. The molecule has 0 spiro atoms. The van der Waals surface area contributed by atoms with Gasteiger partial charge in [0.15, 0.2) is 0 Å². The fraction of sp³-hybridized carbons (Fsp3) is 0.136. The topological polar surface area (TPSA) is 92.4 Å². The summed E-state index contributed by atoms with van der Waals surface area (Å²) in [4.78, 5) is 27.7. The average Bonchev–Trinajstić information content (AvgIpc) is 2.75. The van der Waals surface area contributed by atoms with E-state index >= 15 is 0 Å². The number of halogens is 1. The average molecular weight is 425 g/mol. The van der Waals surface area contributed by atoms with Gasteiger partial charge in [-0.15, -0.1) is 0 Å². The lowest BCUT2D eigenvalue weighted by Gasteiger charge is -2.10. The van der Waals surface area contributed by atoms with E-state index in [2.05, 4.69) is 20.9 Å². The number of ether oxygens (including phenoxy) is 1. The zero-order valence-corrected chi connectivity index (χ0v) is 17.3. The maximum atomic E-state index is 12.1. The number of hydrogen-bond donors (Lipinski definition) is 3. The van der Waals surface area contributed by atoms with Crippen LogP contribution in [-0.2, 0) is 6.54 Å². The molecular formula is C22H21ClN4O3. The van der Waals surface area contributed by atoms with E-state index in [1.165, 1.54) is 6.20 Å². The van der Waals surface area contributed by atoms with Gasteiger partial charge in [0.05, 0.1) is 0 Å². The number of aromatic nitrogens is 1. The minimum atomic E-state index is -0.310. The Morgan fingerprint density at radius 2 is 1.80 bits per heavy atom. The number of aryl methyl sites for hydroxylation is 1. The van der Waals surface area contributed by atoms with Crippen molar-refractivity contribution in [3.8, 4) is 11.5 Å². The lowest BCUT2D eigenvalue weighted by molar-refractivity contribution is 0.0958. The van der Waals surface area contributed by atoms with Crippen LogP contribution in [0.5, 0.6) is 11.5 Å². The van der Waals surface area contributed by atoms with Crippen LogP contribution in [0.2, 0.25) is 5.02 Å². The number of carbonyl (C=O) groups excluding carboxylic acids is 2. The van der Waals surface area contributed by atoms with Crippen LogP contribution in [0, 0.1) is 6.92 Å². The highest BCUT2D eigenvalue weighted by Crippen LogP contribution is 2.22. The van der Waals surface area contributed by atoms with Crippen LogP contribution in [-0.4, -0.2) is 24.0 Å². The summed E-state index contributed by atoms with van der Waals surface area (Å²) in [5, 5.41) is 8.75. The maximum absolute atomic E-state index is 12.1. The number of hydrogen-bond acceptors (Lipinski definition) is 4. The molecule has 3 amide bonds. The normalized spacial score (nSPS) is 10.2. The third-order valence-electron chi connectivity index (χ3n) is 4.22. The van der Waals surface area contributed by atoms with Gasteiger partial charge in [0.2, 0.25) is 0 Å². The second kappa shape index (κ2) is 9.76. The van der Waals surface area contributed by atoms with Crippen LogP contribution in [0.3, 0.4) is 0 Å². The van der Waals surface area contributed by atoms with Crippen molar-refractivity contribution in [3.63, 3.8) is 0 Å². The highest BCUT2D eigenvalue weighted by molar-refractivity contribution is 6.31. The van der Waals surface area contributed by atoms with Crippen molar-refractivity contribution in [1.29, 1.82) is 0 Å². The molecule has 0 saturated carbocycles. The Balaban J connectivity index is 1.53. The van der Waals surface area contributed by atoms with Gasteiger partial charge in [-0.05, 0) is 54.4 Å². The number of rotatable bonds is 6. The Bertz CT molecular complexity index is 1050. The zero-order chi connectivity index (χ0) is 21.5. The van der Waals surface area contributed by atoms with Crippen LogP contribution in [0.1, 0.15) is 21.6 Å². The van der Waals surface area contributed by atoms with Crippen LogP contribution in [0.4, 0.5) is 10.5 Å². The van der Waals surface area contributed by atoms with E-state index in [-0.39, 0.29) is 17.6 Å². The van der Waals surface area contributed by atoms with E-state index < -0.39 is 0 Å². The van der Waals surface area contributed by atoms with Crippen molar-refractivity contribution in [2.75, 3.05) is 12.4 Å². The highest BCUT2D eigenvalue weighted by Gasteiger charge is 2.07. The molecule has 0 fully saturated rings. The zero-order valence-electron chi connectivity index (χ0n) is 16.5. The van der Waals surface area contributed by atoms with Gasteiger partial charge in [-0.25, -0.2) is 4.79 Å². The summed E-state index contributed by atoms with van der Waals surface area (Å²) in [6, 6.07) is 15.5. The molecule has 0 saturated heterocycles. The molecule has 0 unspecified atom stereocenters. The molecule has 0 aliphatic carbocycles. The number of urea groups is 1. The van der Waals surface area contributed by atoms with Crippen molar-refractivity contribution < 1.29 is 14.3 Å². The summed E-state index contributed by atoms with van der Waals surface area (Å²) in [6.07, 6.45) is 1.51. The maximum Gasteiger partial charge on any atom is 0.319 e. The van der Waals surface area contributed by atoms with Crippen molar-refractivity contribution >= 4 is 29.2 Å². The molecule has 30 heavy (non-hydrogen) atoms. The molecule has 3 N–H and O–H groups in total. The fourth-order valence-electron chi connectivity index (χ4n) is 2.62. The summed E-state index contributed by atoms with van der Waals surface area (Å²) in [5.74, 6) is 0.829. The number of anilines is 1. The molecule has 3 rings (SSSR count). The van der Waals surface area contributed by atoms with E-state index in [1.54, 1.807) is 43.4 Å². The number of benzene rings is 2. The smallest absolute Gasteiger partial charge is 0.319 e. The Hall–Kier alpha value is -3.58. The van der Waals surface area contributed by atoms with E-state index in [1.807, 2.05) is 25.1 Å². The summed E-state index contributed by atoms with van der Waals surface area (Å²) in [7, 11) is 1.54. The molecular weight excluding hydrogens is 404 g/mol. The Kier molecular flexibility index (Phi) is 6.87. The van der Waals surface area contributed by atoms with Gasteiger partial charge in [-0.3, -0.25) is 9.78 Å². The first kappa shape index (κ1) is 21.1. The first-order chi connectivity index (χ1) is 14.4. The van der Waals surface area contributed by atoms with Crippen molar-refractivity contribution in [2.24, 2.45) is 0 Å². The van der Waals surface area contributed by atoms with E-state index in [4.69, 9.17) is 16.3 Å². The third kappa shape index (κ3) is 5.71. The molecule has 0 aliphatic rings. The molecule has 154 valence electrons. The van der Waals surface area contributed by atoms with Crippen molar-refractivity contribution in [3.05, 3.63) is 82.6 Å². The minimum Gasteiger partial charge on any atom is -0.457 e. The predicted octanol–water partition coefficient (Wildman–Crippen LogP) is 4.52. The summed E-state index contributed by atoms with van der Waals surface area (Å²) < 4.78 is 5.76.